The molecule has 0 fully saturated rings. The van der Waals surface area contributed by atoms with Crippen LogP contribution in [0, 0.1) is 0 Å². The van der Waals surface area contributed by atoms with E-state index in [1.54, 1.807) is 23.1 Å². The van der Waals surface area contributed by atoms with Crippen molar-refractivity contribution in [1.29, 1.82) is 0 Å². The molecule has 1 aromatic heterocycles. The van der Waals surface area contributed by atoms with Crippen LogP contribution < -0.4 is 11.1 Å². The number of hydrogen-bond acceptors (Lipinski definition) is 5. The Morgan fingerprint density at radius 3 is 3.17 bits per heavy atom. The van der Waals surface area contributed by atoms with Crippen molar-refractivity contribution in [2.45, 2.75) is 31.7 Å². The van der Waals surface area contributed by atoms with Crippen LogP contribution >= 0.6 is 35.5 Å². The summed E-state index contributed by atoms with van der Waals surface area (Å²) in [6.45, 7) is 0. The molecule has 0 unspecified atom stereocenters. The third-order valence-electron chi connectivity index (χ3n) is 2.76. The molecule has 1 aliphatic carbocycles. The number of carbonyl (C=O) groups excluding carboxylic acids is 1. The minimum Gasteiger partial charge on any atom is -0.327 e. The number of aryl methyl sites for hydroxylation is 1. The van der Waals surface area contributed by atoms with E-state index in [0.717, 1.165) is 35.8 Å². The standard InChI is InChI=1S/C11H17N3OS2.ClH/c1-16-5-4-10(15)14-11-13-8-3-2-7(12)6-9(8)17-11;/h7H,2-6,12H2,1H3,(H,13,14,15);1H/t7-;/m0./s1. The van der Waals surface area contributed by atoms with Crippen LogP contribution in [0.2, 0.25) is 0 Å². The van der Waals surface area contributed by atoms with E-state index in [1.807, 2.05) is 6.26 Å². The number of anilines is 1. The number of nitrogens with one attached hydrogen (secondary N) is 1. The van der Waals surface area contributed by atoms with Gasteiger partial charge in [0.05, 0.1) is 5.69 Å². The Bertz CT molecular complexity index is 411. The molecule has 102 valence electrons. The van der Waals surface area contributed by atoms with Gasteiger partial charge < -0.3 is 11.1 Å². The Balaban J connectivity index is 0.00000162. The molecule has 0 aromatic carbocycles. The van der Waals surface area contributed by atoms with Crippen molar-refractivity contribution in [3.05, 3.63) is 10.6 Å². The largest absolute Gasteiger partial charge is 0.327 e. The lowest BCUT2D eigenvalue weighted by molar-refractivity contribution is -0.115. The highest BCUT2D eigenvalue weighted by molar-refractivity contribution is 7.98. The zero-order chi connectivity index (χ0) is 12.3. The summed E-state index contributed by atoms with van der Waals surface area (Å²) in [5.74, 6) is 0.900. The van der Waals surface area contributed by atoms with Gasteiger partial charge in [0.2, 0.25) is 5.91 Å². The van der Waals surface area contributed by atoms with Crippen LogP contribution in [0.1, 0.15) is 23.4 Å². The average molecular weight is 308 g/mol. The van der Waals surface area contributed by atoms with E-state index < -0.39 is 0 Å². The highest BCUT2D eigenvalue weighted by Crippen LogP contribution is 2.29. The Morgan fingerprint density at radius 2 is 2.44 bits per heavy atom. The van der Waals surface area contributed by atoms with E-state index in [0.29, 0.717) is 6.42 Å². The van der Waals surface area contributed by atoms with Crippen molar-refractivity contribution >= 4 is 46.5 Å². The van der Waals surface area contributed by atoms with Crippen LogP contribution in [0.5, 0.6) is 0 Å². The summed E-state index contributed by atoms with van der Waals surface area (Å²) in [7, 11) is 0. The van der Waals surface area contributed by atoms with Gasteiger partial charge in [0.15, 0.2) is 5.13 Å². The lowest BCUT2D eigenvalue weighted by Gasteiger charge is -2.15. The molecule has 1 heterocycles. The van der Waals surface area contributed by atoms with Crippen LogP contribution in [-0.2, 0) is 17.6 Å². The molecule has 7 heteroatoms. The number of amides is 1. The summed E-state index contributed by atoms with van der Waals surface area (Å²) in [6.07, 6.45) is 5.37. The number of rotatable bonds is 4. The second-order valence-corrected chi connectivity index (χ2v) is 6.25. The van der Waals surface area contributed by atoms with E-state index in [1.165, 1.54) is 4.88 Å². The monoisotopic (exact) mass is 307 g/mol. The molecule has 0 saturated carbocycles. The van der Waals surface area contributed by atoms with Crippen LogP contribution in [0.15, 0.2) is 0 Å². The minimum atomic E-state index is 0. The number of nitrogens with two attached hydrogens (primary N) is 1. The predicted octanol–water partition coefficient (Wildman–Crippen LogP) is 2.07. The molecule has 0 radical (unpaired) electrons. The normalized spacial score (nSPS) is 17.8. The molecule has 18 heavy (non-hydrogen) atoms. The summed E-state index contributed by atoms with van der Waals surface area (Å²) in [6, 6.07) is 0.253. The Morgan fingerprint density at radius 1 is 1.67 bits per heavy atom. The van der Waals surface area contributed by atoms with Gasteiger partial charge in [-0.3, -0.25) is 4.79 Å². The Hall–Kier alpha value is -0.300. The fourth-order valence-corrected chi connectivity index (χ4v) is 3.34. The minimum absolute atomic E-state index is 0. The van der Waals surface area contributed by atoms with Gasteiger partial charge >= 0.3 is 0 Å². The van der Waals surface area contributed by atoms with Gasteiger partial charge in [0, 0.05) is 23.1 Å². The molecule has 2 rings (SSSR count). The fraction of sp³-hybridized carbons (Fsp3) is 0.636. The van der Waals surface area contributed by atoms with Crippen LogP contribution in [-0.4, -0.2) is 28.9 Å². The molecule has 3 N–H and O–H groups in total. The third kappa shape index (κ3) is 4.12. The number of thiazole rings is 1. The van der Waals surface area contributed by atoms with Crippen LogP contribution in [0.4, 0.5) is 5.13 Å². The zero-order valence-corrected chi connectivity index (χ0v) is 12.7. The second-order valence-electron chi connectivity index (χ2n) is 4.18. The summed E-state index contributed by atoms with van der Waals surface area (Å²) < 4.78 is 0. The maximum atomic E-state index is 11.6. The number of thioether (sulfide) groups is 1. The van der Waals surface area contributed by atoms with Gasteiger partial charge in [-0.05, 0) is 25.5 Å². The quantitative estimate of drug-likeness (QED) is 0.893. The van der Waals surface area contributed by atoms with Crippen LogP contribution in [0.3, 0.4) is 0 Å². The molecule has 0 saturated heterocycles. The van der Waals surface area contributed by atoms with Crippen LogP contribution in [0.25, 0.3) is 0 Å². The predicted molar refractivity (Wildman–Crippen MR) is 81.0 cm³/mol. The van der Waals surface area contributed by atoms with Crippen molar-refractivity contribution in [3.63, 3.8) is 0 Å². The van der Waals surface area contributed by atoms with Crippen molar-refractivity contribution in [2.24, 2.45) is 5.73 Å². The SMILES string of the molecule is CSCCC(=O)Nc1nc2c(s1)C[C@@H](N)CC2.Cl. The molecule has 1 aliphatic rings. The first-order valence-electron chi connectivity index (χ1n) is 5.72. The van der Waals surface area contributed by atoms with Gasteiger partial charge in [-0.15, -0.1) is 23.7 Å². The van der Waals surface area contributed by atoms with Crippen molar-refractivity contribution < 1.29 is 4.79 Å². The smallest absolute Gasteiger partial charge is 0.226 e. The molecule has 1 aromatic rings. The molecule has 1 atom stereocenters. The first-order valence-corrected chi connectivity index (χ1v) is 7.93. The molecule has 4 nitrogen and oxygen atoms in total. The summed E-state index contributed by atoms with van der Waals surface area (Å²) in [5, 5.41) is 3.59. The van der Waals surface area contributed by atoms with Crippen molar-refractivity contribution in [1.82, 2.24) is 4.98 Å². The highest BCUT2D eigenvalue weighted by Gasteiger charge is 2.20. The van der Waals surface area contributed by atoms with E-state index in [9.17, 15) is 4.79 Å². The third-order valence-corrected chi connectivity index (χ3v) is 4.41. The Kier molecular flexibility index (Phi) is 6.42. The molecule has 0 bridgehead atoms. The first kappa shape index (κ1) is 15.8. The van der Waals surface area contributed by atoms with Gasteiger partial charge in [-0.2, -0.15) is 11.8 Å². The summed E-state index contributed by atoms with van der Waals surface area (Å²) in [4.78, 5) is 17.3. The maximum absolute atomic E-state index is 11.6. The first-order chi connectivity index (χ1) is 8.19. The number of halogens is 1. The van der Waals surface area contributed by atoms with Gasteiger partial charge in [-0.1, -0.05) is 0 Å². The topological polar surface area (TPSA) is 68.0 Å². The molecule has 1 amide bonds. The zero-order valence-electron chi connectivity index (χ0n) is 10.3. The second kappa shape index (κ2) is 7.33. The summed E-state index contributed by atoms with van der Waals surface area (Å²) >= 11 is 3.24. The molecular formula is C11H18ClN3OS2. The summed E-state index contributed by atoms with van der Waals surface area (Å²) in [5.41, 5.74) is 7.04. The van der Waals surface area contributed by atoms with E-state index in [4.69, 9.17) is 5.73 Å². The van der Waals surface area contributed by atoms with Gasteiger partial charge in [-0.25, -0.2) is 4.98 Å². The van der Waals surface area contributed by atoms with Gasteiger partial charge in [0.1, 0.15) is 0 Å². The average Bonchev–Trinajstić information content (AvgIpc) is 2.67. The Labute approximate surface area is 122 Å². The number of hydrogen-bond donors (Lipinski definition) is 2. The molecular weight excluding hydrogens is 290 g/mol. The van der Waals surface area contributed by atoms with E-state index in [2.05, 4.69) is 10.3 Å². The van der Waals surface area contributed by atoms with E-state index in [-0.39, 0.29) is 24.4 Å². The maximum Gasteiger partial charge on any atom is 0.226 e. The van der Waals surface area contributed by atoms with Crippen molar-refractivity contribution in [3.8, 4) is 0 Å². The molecule has 0 aliphatic heterocycles. The number of aromatic nitrogens is 1. The lowest BCUT2D eigenvalue weighted by atomic mass is 9.99. The van der Waals surface area contributed by atoms with E-state index >= 15 is 0 Å². The van der Waals surface area contributed by atoms with Gasteiger partial charge in [0.25, 0.3) is 0 Å². The van der Waals surface area contributed by atoms with Crippen molar-refractivity contribution in [2.75, 3.05) is 17.3 Å². The number of nitrogens with zero attached hydrogens (tertiary/aromatic N) is 1. The highest BCUT2D eigenvalue weighted by atomic mass is 35.5. The molecule has 0 spiro atoms. The lowest BCUT2D eigenvalue weighted by Crippen LogP contribution is -2.27. The fourth-order valence-electron chi connectivity index (χ4n) is 1.83. The number of fused-ring (bicyclic) bond motifs is 1. The number of carbonyl (C=O) groups is 1.